The lowest BCUT2D eigenvalue weighted by atomic mass is 10.0. The van der Waals surface area contributed by atoms with E-state index in [1.807, 2.05) is 52.3 Å². The van der Waals surface area contributed by atoms with Crippen LogP contribution in [0, 0.1) is 24.2 Å². The van der Waals surface area contributed by atoms with Crippen molar-refractivity contribution >= 4 is 22.6 Å². The highest BCUT2D eigenvalue weighted by atomic mass is 16.2. The van der Waals surface area contributed by atoms with Crippen LogP contribution in [-0.4, -0.2) is 43.1 Å². The first kappa shape index (κ1) is 16.5. The molecule has 4 aromatic rings. The molecular formula is C21H18N6O. The highest BCUT2D eigenvalue weighted by Gasteiger charge is 2.33. The Bertz CT molecular complexity index is 1240. The Labute approximate surface area is 161 Å². The summed E-state index contributed by atoms with van der Waals surface area (Å²) in [5.74, 6) is 0.671. The predicted molar refractivity (Wildman–Crippen MR) is 104 cm³/mol. The molecule has 7 nitrogen and oxygen atoms in total. The number of rotatable bonds is 3. The summed E-state index contributed by atoms with van der Waals surface area (Å²) in [4.78, 5) is 14.9. The number of aromatic nitrogens is 4. The van der Waals surface area contributed by atoms with Gasteiger partial charge in [-0.25, -0.2) is 0 Å². The molecule has 0 radical (unpaired) electrons. The summed E-state index contributed by atoms with van der Waals surface area (Å²) < 4.78 is 4.02. The number of hydrogen-bond donors (Lipinski definition) is 0. The zero-order chi connectivity index (χ0) is 19.3. The number of pyridine rings is 1. The fourth-order valence-electron chi connectivity index (χ4n) is 3.84. The maximum absolute atomic E-state index is 13.2. The number of carbonyl (C=O) groups excluding carboxylic acids is 1. The van der Waals surface area contributed by atoms with Crippen molar-refractivity contribution in [3.05, 3.63) is 65.6 Å². The number of benzene rings is 1. The third kappa shape index (κ3) is 2.46. The van der Waals surface area contributed by atoms with Crippen LogP contribution in [0.3, 0.4) is 0 Å². The van der Waals surface area contributed by atoms with E-state index in [-0.39, 0.29) is 11.8 Å². The number of fused-ring (bicyclic) bond motifs is 3. The zero-order valence-electron chi connectivity index (χ0n) is 15.4. The van der Waals surface area contributed by atoms with Crippen molar-refractivity contribution in [1.29, 1.82) is 5.26 Å². The number of carbonyl (C=O) groups is 1. The van der Waals surface area contributed by atoms with Crippen LogP contribution in [-0.2, 0) is 6.54 Å². The Morgan fingerprint density at radius 3 is 2.68 bits per heavy atom. The molecule has 0 saturated carbocycles. The molecule has 1 aliphatic heterocycles. The number of hydrogen-bond acceptors (Lipinski definition) is 4. The molecule has 1 aliphatic rings. The molecule has 0 unspecified atom stereocenters. The van der Waals surface area contributed by atoms with Crippen LogP contribution in [0.1, 0.15) is 21.9 Å². The molecule has 138 valence electrons. The summed E-state index contributed by atoms with van der Waals surface area (Å²) in [7, 11) is 0. The summed E-state index contributed by atoms with van der Waals surface area (Å²) in [5, 5.41) is 17.4. The molecule has 1 aromatic carbocycles. The van der Waals surface area contributed by atoms with Gasteiger partial charge in [0.25, 0.3) is 5.91 Å². The van der Waals surface area contributed by atoms with Gasteiger partial charge in [0.2, 0.25) is 0 Å². The van der Waals surface area contributed by atoms with Gasteiger partial charge < -0.3 is 9.47 Å². The van der Waals surface area contributed by atoms with E-state index in [1.165, 1.54) is 0 Å². The Morgan fingerprint density at radius 2 is 1.93 bits per heavy atom. The number of amides is 1. The van der Waals surface area contributed by atoms with E-state index in [1.54, 1.807) is 4.90 Å². The average Bonchev–Trinajstić information content (AvgIpc) is 3.22. The van der Waals surface area contributed by atoms with E-state index in [0.29, 0.717) is 25.3 Å². The van der Waals surface area contributed by atoms with Crippen molar-refractivity contribution in [2.45, 2.75) is 13.5 Å². The van der Waals surface area contributed by atoms with Crippen LogP contribution in [0.5, 0.6) is 0 Å². The van der Waals surface area contributed by atoms with E-state index in [4.69, 9.17) is 5.26 Å². The van der Waals surface area contributed by atoms with Gasteiger partial charge in [-0.15, -0.1) is 10.2 Å². The minimum absolute atomic E-state index is 0.0440. The lowest BCUT2D eigenvalue weighted by molar-refractivity contribution is 0.0567. The van der Waals surface area contributed by atoms with Gasteiger partial charge in [0.1, 0.15) is 11.5 Å². The molecule has 4 heterocycles. The molecule has 0 bridgehead atoms. The molecule has 0 N–H and O–H groups in total. The Hall–Kier alpha value is -3.66. The van der Waals surface area contributed by atoms with Crippen LogP contribution < -0.4 is 0 Å². The van der Waals surface area contributed by atoms with Crippen molar-refractivity contribution in [1.82, 2.24) is 24.1 Å². The first-order chi connectivity index (χ1) is 13.7. The summed E-state index contributed by atoms with van der Waals surface area (Å²) >= 11 is 0. The van der Waals surface area contributed by atoms with Gasteiger partial charge in [0, 0.05) is 19.6 Å². The molecule has 0 spiro atoms. The van der Waals surface area contributed by atoms with Gasteiger partial charge in [0.15, 0.2) is 5.65 Å². The molecule has 0 atom stereocenters. The zero-order valence-corrected chi connectivity index (χ0v) is 15.4. The van der Waals surface area contributed by atoms with Crippen LogP contribution in [0.4, 0.5) is 0 Å². The molecular weight excluding hydrogens is 352 g/mol. The van der Waals surface area contributed by atoms with Crippen LogP contribution >= 0.6 is 0 Å². The summed E-state index contributed by atoms with van der Waals surface area (Å²) in [6.07, 6.45) is 0. The summed E-state index contributed by atoms with van der Waals surface area (Å²) in [6.45, 7) is 3.47. The van der Waals surface area contributed by atoms with Crippen LogP contribution in [0.25, 0.3) is 16.7 Å². The lowest BCUT2D eigenvalue weighted by Crippen LogP contribution is -2.49. The fourth-order valence-corrected chi connectivity index (χ4v) is 3.84. The highest BCUT2D eigenvalue weighted by molar-refractivity contribution is 5.99. The van der Waals surface area contributed by atoms with Crippen molar-refractivity contribution in [2.75, 3.05) is 13.1 Å². The van der Waals surface area contributed by atoms with Gasteiger partial charge in [-0.05, 0) is 30.7 Å². The van der Waals surface area contributed by atoms with Gasteiger partial charge in [-0.2, -0.15) is 5.26 Å². The second-order valence-corrected chi connectivity index (χ2v) is 7.18. The van der Waals surface area contributed by atoms with Crippen LogP contribution in [0.2, 0.25) is 0 Å². The monoisotopic (exact) mass is 370 g/mol. The largest absolute Gasteiger partial charge is 0.335 e. The average molecular weight is 370 g/mol. The number of aryl methyl sites for hydroxylation is 1. The number of likely N-dealkylation sites (tertiary alicyclic amines) is 1. The fraction of sp³-hybridized carbons (Fsp3) is 0.238. The third-order valence-electron chi connectivity index (χ3n) is 5.35. The predicted octanol–water partition coefficient (Wildman–Crippen LogP) is 2.64. The summed E-state index contributed by atoms with van der Waals surface area (Å²) in [5.41, 5.74) is 4.37. The van der Waals surface area contributed by atoms with Gasteiger partial charge >= 0.3 is 0 Å². The van der Waals surface area contributed by atoms with Gasteiger partial charge in [-0.3, -0.25) is 9.20 Å². The molecule has 1 fully saturated rings. The van der Waals surface area contributed by atoms with Crippen molar-refractivity contribution < 1.29 is 4.79 Å². The SMILES string of the molecule is Cc1nnc2ccc3c(cc(C(=O)N4CC(C#N)C4)n3Cc3ccccc3)n12. The minimum Gasteiger partial charge on any atom is -0.335 e. The van der Waals surface area contributed by atoms with Gasteiger partial charge in [0.05, 0.1) is 23.0 Å². The Kier molecular flexibility index (Phi) is 3.66. The summed E-state index contributed by atoms with van der Waals surface area (Å²) in [6, 6.07) is 18.1. The molecule has 28 heavy (non-hydrogen) atoms. The van der Waals surface area contributed by atoms with E-state index < -0.39 is 0 Å². The molecule has 1 saturated heterocycles. The third-order valence-corrected chi connectivity index (χ3v) is 5.35. The molecule has 5 rings (SSSR count). The normalized spacial score (nSPS) is 14.4. The van der Waals surface area contributed by atoms with E-state index >= 15 is 0 Å². The standard InChI is InChI=1S/C21H18N6O/c1-14-23-24-20-8-7-17-18(27(14)20)9-19(21(28)25-11-16(10-22)12-25)26(17)13-15-5-3-2-4-6-15/h2-9,16H,11-13H2,1H3. The second kappa shape index (κ2) is 6.20. The smallest absolute Gasteiger partial charge is 0.270 e. The van der Waals surface area contributed by atoms with Crippen molar-refractivity contribution in [2.24, 2.45) is 5.92 Å². The topological polar surface area (TPSA) is 79.2 Å². The first-order valence-electron chi connectivity index (χ1n) is 9.22. The lowest BCUT2D eigenvalue weighted by Gasteiger charge is -2.35. The minimum atomic E-state index is -0.0669. The van der Waals surface area contributed by atoms with E-state index in [2.05, 4.69) is 28.4 Å². The maximum atomic E-state index is 13.2. The van der Waals surface area contributed by atoms with E-state index in [0.717, 1.165) is 28.1 Å². The number of nitrogens with zero attached hydrogens (tertiary/aromatic N) is 6. The molecule has 1 amide bonds. The molecule has 0 aliphatic carbocycles. The highest BCUT2D eigenvalue weighted by Crippen LogP contribution is 2.26. The maximum Gasteiger partial charge on any atom is 0.270 e. The second-order valence-electron chi connectivity index (χ2n) is 7.18. The number of nitriles is 1. The Morgan fingerprint density at radius 1 is 1.14 bits per heavy atom. The quantitative estimate of drug-likeness (QED) is 0.555. The Balaban J connectivity index is 1.67. The first-order valence-corrected chi connectivity index (χ1v) is 9.22. The van der Waals surface area contributed by atoms with E-state index in [9.17, 15) is 4.79 Å². The van der Waals surface area contributed by atoms with Gasteiger partial charge in [-0.1, -0.05) is 30.3 Å². The molecule has 3 aromatic heterocycles. The molecule has 7 heteroatoms. The van der Waals surface area contributed by atoms with Crippen molar-refractivity contribution in [3.8, 4) is 6.07 Å². The van der Waals surface area contributed by atoms with Crippen molar-refractivity contribution in [3.63, 3.8) is 0 Å². The van der Waals surface area contributed by atoms with Crippen LogP contribution in [0.15, 0.2) is 48.5 Å².